The molecule has 0 radical (unpaired) electrons. The molecule has 0 bridgehead atoms. The van der Waals surface area contributed by atoms with Gasteiger partial charge in [-0.05, 0) is 12.7 Å². The Labute approximate surface area is 95.0 Å². The Balaban J connectivity index is 3.74. The maximum atomic E-state index is 11.6. The molecule has 0 aliphatic heterocycles. The van der Waals surface area contributed by atoms with Gasteiger partial charge >= 0.3 is 5.97 Å². The zero-order valence-electron chi connectivity index (χ0n) is 9.52. The van der Waals surface area contributed by atoms with E-state index in [2.05, 4.69) is 0 Å². The summed E-state index contributed by atoms with van der Waals surface area (Å²) in [7, 11) is 1.72. The van der Waals surface area contributed by atoms with Crippen LogP contribution in [0.4, 0.5) is 0 Å². The van der Waals surface area contributed by atoms with E-state index in [1.54, 1.807) is 23.7 Å². The molecule has 1 unspecified atom stereocenters. The number of carboxylic acid groups (broad SMARTS) is 1. The van der Waals surface area contributed by atoms with Crippen LogP contribution >= 0.6 is 11.8 Å². The van der Waals surface area contributed by atoms with Gasteiger partial charge in [0.1, 0.15) is 0 Å². The summed E-state index contributed by atoms with van der Waals surface area (Å²) < 4.78 is 0. The van der Waals surface area contributed by atoms with Gasteiger partial charge in [0, 0.05) is 31.7 Å². The maximum Gasteiger partial charge on any atom is 0.303 e. The van der Waals surface area contributed by atoms with E-state index in [1.165, 1.54) is 0 Å². The normalized spacial score (nSPS) is 12.2. The molecule has 1 atom stereocenters. The van der Waals surface area contributed by atoms with Gasteiger partial charge in [0.05, 0.1) is 0 Å². The van der Waals surface area contributed by atoms with Crippen molar-refractivity contribution in [2.24, 2.45) is 0 Å². The molecule has 0 aliphatic rings. The number of carbonyl (C=O) groups excluding carboxylic acids is 1. The molecule has 88 valence electrons. The van der Waals surface area contributed by atoms with E-state index >= 15 is 0 Å². The molecule has 0 saturated carbocycles. The first-order chi connectivity index (χ1) is 6.97. The second kappa shape index (κ2) is 7.56. The summed E-state index contributed by atoms with van der Waals surface area (Å²) in [4.78, 5) is 23.4. The number of hydrogen-bond donors (Lipinski definition) is 1. The first-order valence-corrected chi connectivity index (χ1v) is 6.24. The van der Waals surface area contributed by atoms with Crippen molar-refractivity contribution in [1.82, 2.24) is 4.90 Å². The predicted molar refractivity (Wildman–Crippen MR) is 62.1 cm³/mol. The van der Waals surface area contributed by atoms with Gasteiger partial charge in [-0.3, -0.25) is 9.59 Å². The van der Waals surface area contributed by atoms with Crippen LogP contribution in [0.2, 0.25) is 0 Å². The molecule has 0 rings (SSSR count). The van der Waals surface area contributed by atoms with E-state index in [0.717, 1.165) is 0 Å². The number of amides is 1. The molecule has 0 aliphatic carbocycles. The third-order valence-corrected chi connectivity index (χ3v) is 3.15. The number of rotatable bonds is 7. The molecule has 5 heteroatoms. The summed E-state index contributed by atoms with van der Waals surface area (Å²) in [6.07, 6.45) is 3.13. The van der Waals surface area contributed by atoms with Crippen LogP contribution in [0.3, 0.4) is 0 Å². The highest BCUT2D eigenvalue weighted by molar-refractivity contribution is 7.99. The predicted octanol–water partition coefficient (Wildman–Crippen LogP) is 1.45. The first-order valence-electron chi connectivity index (χ1n) is 4.96. The van der Waals surface area contributed by atoms with Crippen molar-refractivity contribution in [3.63, 3.8) is 0 Å². The van der Waals surface area contributed by atoms with Crippen LogP contribution in [0, 0.1) is 0 Å². The Morgan fingerprint density at radius 1 is 1.47 bits per heavy atom. The number of aliphatic carboxylic acids is 1. The van der Waals surface area contributed by atoms with E-state index in [-0.39, 0.29) is 12.3 Å². The van der Waals surface area contributed by atoms with Crippen molar-refractivity contribution in [3.8, 4) is 0 Å². The summed E-state index contributed by atoms with van der Waals surface area (Å²) in [5, 5.41) is 8.76. The van der Waals surface area contributed by atoms with E-state index in [1.807, 2.05) is 13.2 Å². The quantitative estimate of drug-likeness (QED) is 0.723. The van der Waals surface area contributed by atoms with Crippen LogP contribution in [0.1, 0.15) is 26.2 Å². The second-order valence-electron chi connectivity index (χ2n) is 3.56. The molecular formula is C10H19NO3S. The van der Waals surface area contributed by atoms with Crippen molar-refractivity contribution >= 4 is 23.6 Å². The summed E-state index contributed by atoms with van der Waals surface area (Å²) in [6, 6.07) is 0. The number of thioether (sulfide) groups is 1. The molecular weight excluding hydrogens is 214 g/mol. The molecule has 0 saturated heterocycles. The molecule has 0 aromatic carbocycles. The lowest BCUT2D eigenvalue weighted by Crippen LogP contribution is -2.29. The minimum Gasteiger partial charge on any atom is -0.481 e. The fourth-order valence-electron chi connectivity index (χ4n) is 1.08. The van der Waals surface area contributed by atoms with Gasteiger partial charge in [0.15, 0.2) is 0 Å². The van der Waals surface area contributed by atoms with Crippen molar-refractivity contribution in [2.75, 3.05) is 19.8 Å². The van der Waals surface area contributed by atoms with Crippen LogP contribution in [0.15, 0.2) is 0 Å². The van der Waals surface area contributed by atoms with Crippen molar-refractivity contribution < 1.29 is 14.7 Å². The average molecular weight is 233 g/mol. The Hall–Kier alpha value is -0.710. The molecule has 0 fully saturated rings. The molecule has 0 spiro atoms. The third kappa shape index (κ3) is 7.25. The monoisotopic (exact) mass is 233 g/mol. The van der Waals surface area contributed by atoms with Gasteiger partial charge in [-0.15, -0.1) is 0 Å². The fourth-order valence-corrected chi connectivity index (χ4v) is 1.39. The van der Waals surface area contributed by atoms with E-state index in [0.29, 0.717) is 24.6 Å². The van der Waals surface area contributed by atoms with Gasteiger partial charge in [-0.25, -0.2) is 0 Å². The minimum atomic E-state index is -0.812. The van der Waals surface area contributed by atoms with Gasteiger partial charge in [-0.2, -0.15) is 11.8 Å². The first kappa shape index (κ1) is 14.3. The van der Waals surface area contributed by atoms with E-state index in [4.69, 9.17) is 5.11 Å². The Morgan fingerprint density at radius 2 is 2.07 bits per heavy atom. The Morgan fingerprint density at radius 3 is 2.53 bits per heavy atom. The molecule has 0 aromatic heterocycles. The van der Waals surface area contributed by atoms with Gasteiger partial charge in [-0.1, -0.05) is 6.92 Å². The number of carbonyl (C=O) groups is 2. The number of hydrogen-bond acceptors (Lipinski definition) is 3. The second-order valence-corrected chi connectivity index (χ2v) is 4.84. The molecule has 4 nitrogen and oxygen atoms in total. The summed E-state index contributed by atoms with van der Waals surface area (Å²) in [5.74, 6) is -0.726. The summed E-state index contributed by atoms with van der Waals surface area (Å²) in [5.41, 5.74) is 0. The number of nitrogens with zero attached hydrogens (tertiary/aromatic N) is 1. The van der Waals surface area contributed by atoms with E-state index in [9.17, 15) is 9.59 Å². The molecule has 1 amide bonds. The lowest BCUT2D eigenvalue weighted by molar-refractivity contribution is -0.138. The average Bonchev–Trinajstić information content (AvgIpc) is 2.16. The molecule has 1 N–H and O–H groups in total. The van der Waals surface area contributed by atoms with Crippen LogP contribution in [0.5, 0.6) is 0 Å². The lowest BCUT2D eigenvalue weighted by Gasteiger charge is -2.18. The summed E-state index contributed by atoms with van der Waals surface area (Å²) >= 11 is 1.66. The highest BCUT2D eigenvalue weighted by Gasteiger charge is 2.12. The zero-order valence-corrected chi connectivity index (χ0v) is 10.3. The largest absolute Gasteiger partial charge is 0.481 e. The Kier molecular flexibility index (Phi) is 7.21. The van der Waals surface area contributed by atoms with Crippen LogP contribution < -0.4 is 0 Å². The molecule has 15 heavy (non-hydrogen) atoms. The maximum absolute atomic E-state index is 11.6. The highest BCUT2D eigenvalue weighted by Crippen LogP contribution is 2.11. The zero-order chi connectivity index (χ0) is 11.8. The molecule has 0 heterocycles. The fraction of sp³-hybridized carbons (Fsp3) is 0.800. The highest BCUT2D eigenvalue weighted by atomic mass is 32.2. The van der Waals surface area contributed by atoms with Gasteiger partial charge < -0.3 is 10.0 Å². The lowest BCUT2D eigenvalue weighted by atomic mass is 10.2. The standard InChI is InChI=1S/C10H19NO3S/c1-8(15-3)7-9(12)11(2)6-4-5-10(13)14/h8H,4-7H2,1-3H3,(H,13,14). The number of carboxylic acids is 1. The smallest absolute Gasteiger partial charge is 0.303 e. The van der Waals surface area contributed by atoms with Gasteiger partial charge in [0.2, 0.25) is 5.91 Å². The topological polar surface area (TPSA) is 57.6 Å². The third-order valence-electron chi connectivity index (χ3n) is 2.17. The molecule has 0 aromatic rings. The van der Waals surface area contributed by atoms with Crippen LogP contribution in [-0.4, -0.2) is 47.0 Å². The van der Waals surface area contributed by atoms with Crippen LogP contribution in [-0.2, 0) is 9.59 Å². The van der Waals surface area contributed by atoms with E-state index < -0.39 is 5.97 Å². The minimum absolute atomic E-state index is 0.0854. The SMILES string of the molecule is CSC(C)CC(=O)N(C)CCCC(=O)O. The van der Waals surface area contributed by atoms with Gasteiger partial charge in [0.25, 0.3) is 0 Å². The summed E-state index contributed by atoms with van der Waals surface area (Å²) in [6.45, 7) is 2.53. The van der Waals surface area contributed by atoms with Crippen molar-refractivity contribution in [1.29, 1.82) is 0 Å². The van der Waals surface area contributed by atoms with Crippen LogP contribution in [0.25, 0.3) is 0 Å². The van der Waals surface area contributed by atoms with Crippen molar-refractivity contribution in [3.05, 3.63) is 0 Å². The Bertz CT molecular complexity index is 221. The van der Waals surface area contributed by atoms with Crippen molar-refractivity contribution in [2.45, 2.75) is 31.4 Å².